The van der Waals surface area contributed by atoms with Gasteiger partial charge in [0.15, 0.2) is 0 Å². The van der Waals surface area contributed by atoms with E-state index in [-0.39, 0.29) is 5.41 Å². The first-order valence-corrected chi connectivity index (χ1v) is 5.48. The summed E-state index contributed by atoms with van der Waals surface area (Å²) >= 11 is 0. The van der Waals surface area contributed by atoms with E-state index in [1.807, 2.05) is 0 Å². The van der Waals surface area contributed by atoms with Crippen molar-refractivity contribution in [1.82, 2.24) is 0 Å². The minimum Gasteiger partial charge on any atom is -0.385 e. The highest BCUT2D eigenvalue weighted by molar-refractivity contribution is 5.24. The van der Waals surface area contributed by atoms with Crippen LogP contribution in [-0.2, 0) is 0 Å². The van der Waals surface area contributed by atoms with Crippen molar-refractivity contribution in [1.29, 1.82) is 0 Å². The maximum absolute atomic E-state index is 10.7. The summed E-state index contributed by atoms with van der Waals surface area (Å²) in [7, 11) is 0. The molecule has 74 valence electrons. The van der Waals surface area contributed by atoms with Gasteiger partial charge >= 0.3 is 0 Å². The molecule has 1 fully saturated rings. The smallest absolute Gasteiger partial charge is 0.0907 e. The van der Waals surface area contributed by atoms with Gasteiger partial charge in [-0.2, -0.15) is 0 Å². The molecule has 2 aliphatic rings. The summed E-state index contributed by atoms with van der Waals surface area (Å²) in [6.07, 6.45) is 9.22. The van der Waals surface area contributed by atoms with Gasteiger partial charge in [-0.3, -0.25) is 0 Å². The normalized spacial score (nSPS) is 45.3. The van der Waals surface area contributed by atoms with Crippen molar-refractivity contribution in [2.24, 2.45) is 5.41 Å². The van der Waals surface area contributed by atoms with E-state index < -0.39 is 5.60 Å². The van der Waals surface area contributed by atoms with Crippen LogP contribution >= 0.6 is 0 Å². The van der Waals surface area contributed by atoms with Gasteiger partial charge in [-0.05, 0) is 38.2 Å². The molecule has 13 heavy (non-hydrogen) atoms. The largest absolute Gasteiger partial charge is 0.385 e. The van der Waals surface area contributed by atoms with Gasteiger partial charge in [-0.15, -0.1) is 0 Å². The molecule has 0 radical (unpaired) electrons. The molecular weight excluding hydrogens is 160 g/mol. The van der Waals surface area contributed by atoms with Crippen LogP contribution in [0, 0.1) is 5.41 Å². The molecule has 0 aromatic carbocycles. The van der Waals surface area contributed by atoms with Gasteiger partial charge in [0, 0.05) is 5.41 Å². The molecule has 1 N–H and O–H groups in total. The monoisotopic (exact) mass is 180 g/mol. The molecule has 0 aromatic heterocycles. The lowest BCUT2D eigenvalue weighted by Gasteiger charge is -2.51. The van der Waals surface area contributed by atoms with E-state index in [1.165, 1.54) is 31.3 Å². The van der Waals surface area contributed by atoms with E-state index in [9.17, 15) is 5.11 Å². The van der Waals surface area contributed by atoms with Crippen LogP contribution in [-0.4, -0.2) is 10.7 Å². The second-order valence-corrected chi connectivity index (χ2v) is 5.05. The van der Waals surface area contributed by atoms with Crippen molar-refractivity contribution in [2.45, 2.75) is 58.0 Å². The summed E-state index contributed by atoms with van der Waals surface area (Å²) in [5, 5.41) is 10.7. The van der Waals surface area contributed by atoms with Crippen molar-refractivity contribution in [2.75, 3.05) is 0 Å². The van der Waals surface area contributed by atoms with Gasteiger partial charge < -0.3 is 5.11 Å². The van der Waals surface area contributed by atoms with Crippen LogP contribution in [0.25, 0.3) is 0 Å². The fourth-order valence-corrected chi connectivity index (χ4v) is 3.19. The predicted molar refractivity (Wildman–Crippen MR) is 54.5 cm³/mol. The highest BCUT2D eigenvalue weighted by atomic mass is 16.3. The van der Waals surface area contributed by atoms with Crippen LogP contribution in [0.3, 0.4) is 0 Å². The Bertz CT molecular complexity index is 244. The van der Waals surface area contributed by atoms with Crippen LogP contribution in [0.5, 0.6) is 0 Å². The van der Waals surface area contributed by atoms with Crippen molar-refractivity contribution in [3.8, 4) is 0 Å². The summed E-state index contributed by atoms with van der Waals surface area (Å²) in [4.78, 5) is 0. The lowest BCUT2D eigenvalue weighted by molar-refractivity contribution is -0.0860. The molecule has 0 aromatic rings. The number of hydrogen-bond acceptors (Lipinski definition) is 1. The Hall–Kier alpha value is -0.300. The third-order valence-electron chi connectivity index (χ3n) is 4.31. The second-order valence-electron chi connectivity index (χ2n) is 5.05. The fourth-order valence-electron chi connectivity index (χ4n) is 3.19. The van der Waals surface area contributed by atoms with E-state index >= 15 is 0 Å². The highest BCUT2D eigenvalue weighted by Gasteiger charge is 2.50. The number of allylic oxidation sites excluding steroid dienone is 1. The Kier molecular flexibility index (Phi) is 2.03. The molecule has 1 nitrogen and oxygen atoms in total. The molecule has 1 heteroatoms. The molecular formula is C12H20O. The van der Waals surface area contributed by atoms with Gasteiger partial charge in [0.05, 0.1) is 5.60 Å². The van der Waals surface area contributed by atoms with Crippen LogP contribution in [0.2, 0.25) is 0 Å². The fraction of sp³-hybridized carbons (Fsp3) is 0.833. The summed E-state index contributed by atoms with van der Waals surface area (Å²) in [5.74, 6) is 0. The quantitative estimate of drug-likeness (QED) is 0.568. The maximum atomic E-state index is 10.7. The Morgan fingerprint density at radius 3 is 2.62 bits per heavy atom. The molecule has 0 saturated heterocycles. The minimum atomic E-state index is -0.469. The predicted octanol–water partition coefficient (Wildman–Crippen LogP) is 3.04. The zero-order valence-corrected chi connectivity index (χ0v) is 8.77. The lowest BCUT2D eigenvalue weighted by atomic mass is 9.57. The molecule has 0 bridgehead atoms. The number of hydrogen-bond donors (Lipinski definition) is 1. The molecule has 0 amide bonds. The van der Waals surface area contributed by atoms with Crippen molar-refractivity contribution in [3.05, 3.63) is 11.6 Å². The van der Waals surface area contributed by atoms with Gasteiger partial charge in [0.2, 0.25) is 0 Å². The van der Waals surface area contributed by atoms with E-state index in [0.29, 0.717) is 0 Å². The zero-order valence-electron chi connectivity index (χ0n) is 8.77. The Labute approximate surface area is 80.8 Å². The number of aliphatic hydroxyl groups is 1. The molecule has 2 rings (SSSR count). The Morgan fingerprint density at radius 1 is 1.23 bits per heavy atom. The first-order chi connectivity index (χ1) is 6.08. The molecule has 2 unspecified atom stereocenters. The van der Waals surface area contributed by atoms with Crippen LogP contribution in [0.4, 0.5) is 0 Å². The second kappa shape index (κ2) is 2.84. The van der Waals surface area contributed by atoms with E-state index in [1.54, 1.807) is 0 Å². The highest BCUT2D eigenvalue weighted by Crippen LogP contribution is 2.53. The molecule has 2 aliphatic carbocycles. The van der Waals surface area contributed by atoms with Crippen molar-refractivity contribution < 1.29 is 5.11 Å². The summed E-state index contributed by atoms with van der Waals surface area (Å²) < 4.78 is 0. The number of rotatable bonds is 0. The SMILES string of the molecule is CC1=CCCC2(C)CCCCC12O. The third kappa shape index (κ3) is 1.17. The molecule has 1 saturated carbocycles. The summed E-state index contributed by atoms with van der Waals surface area (Å²) in [6.45, 7) is 4.37. The maximum Gasteiger partial charge on any atom is 0.0907 e. The first-order valence-electron chi connectivity index (χ1n) is 5.48. The van der Waals surface area contributed by atoms with E-state index in [2.05, 4.69) is 19.9 Å². The molecule has 0 aliphatic heterocycles. The standard InChI is InChI=1S/C12H20O/c1-10-6-5-8-11(2)7-3-4-9-12(10,11)13/h6,13H,3-5,7-9H2,1-2H3. The number of fused-ring (bicyclic) bond motifs is 1. The van der Waals surface area contributed by atoms with Gasteiger partial charge in [-0.1, -0.05) is 25.8 Å². The topological polar surface area (TPSA) is 20.2 Å². The average Bonchev–Trinajstić information content (AvgIpc) is 2.09. The van der Waals surface area contributed by atoms with Gasteiger partial charge in [-0.25, -0.2) is 0 Å². The van der Waals surface area contributed by atoms with Gasteiger partial charge in [0.25, 0.3) is 0 Å². The summed E-state index contributed by atoms with van der Waals surface area (Å²) in [5.41, 5.74) is 0.925. The molecule has 0 heterocycles. The van der Waals surface area contributed by atoms with Crippen LogP contribution in [0.1, 0.15) is 52.4 Å². The lowest BCUT2D eigenvalue weighted by Crippen LogP contribution is -2.51. The summed E-state index contributed by atoms with van der Waals surface area (Å²) in [6, 6.07) is 0. The van der Waals surface area contributed by atoms with Gasteiger partial charge in [0.1, 0.15) is 0 Å². The first kappa shape index (κ1) is 9.26. The Balaban J connectivity index is 2.38. The molecule has 2 atom stereocenters. The van der Waals surface area contributed by atoms with Crippen LogP contribution < -0.4 is 0 Å². The van der Waals surface area contributed by atoms with E-state index in [4.69, 9.17) is 0 Å². The third-order valence-corrected chi connectivity index (χ3v) is 4.31. The van der Waals surface area contributed by atoms with Crippen molar-refractivity contribution >= 4 is 0 Å². The van der Waals surface area contributed by atoms with Crippen molar-refractivity contribution in [3.63, 3.8) is 0 Å². The molecule has 0 spiro atoms. The zero-order chi connectivity index (χ0) is 9.53. The Morgan fingerprint density at radius 2 is 1.92 bits per heavy atom. The van der Waals surface area contributed by atoms with Crippen LogP contribution in [0.15, 0.2) is 11.6 Å². The van der Waals surface area contributed by atoms with E-state index in [0.717, 1.165) is 12.8 Å². The average molecular weight is 180 g/mol. The minimum absolute atomic E-state index is 0.171.